The number of carbonyl (C=O) groups is 3. The molecule has 0 spiro atoms. The molecular weight excluding hydrogens is 338 g/mol. The average molecular weight is 354 g/mol. The van der Waals surface area contributed by atoms with Crippen LogP contribution in [-0.2, 0) is 25.5 Å². The molecule has 1 atom stereocenters. The van der Waals surface area contributed by atoms with Crippen LogP contribution in [0, 0.1) is 5.92 Å². The second-order valence-corrected chi connectivity index (χ2v) is 5.85. The van der Waals surface area contributed by atoms with E-state index >= 15 is 0 Å². The van der Waals surface area contributed by atoms with Gasteiger partial charge in [0.25, 0.3) is 0 Å². The van der Waals surface area contributed by atoms with Crippen LogP contribution in [-0.4, -0.2) is 42.8 Å². The summed E-state index contributed by atoms with van der Waals surface area (Å²) in [5, 5.41) is 0. The zero-order valence-corrected chi connectivity index (χ0v) is 13.3. The Labute approximate surface area is 131 Å². The molecule has 1 amide bonds. The highest BCUT2D eigenvalue weighted by atomic mass is 79.9. The van der Waals surface area contributed by atoms with Crippen LogP contribution in [0.3, 0.4) is 0 Å². The topological polar surface area (TPSA) is 63.7 Å². The van der Waals surface area contributed by atoms with Crippen molar-refractivity contribution >= 4 is 33.6 Å². The molecule has 0 aromatic heterocycles. The van der Waals surface area contributed by atoms with Crippen molar-refractivity contribution in [2.45, 2.75) is 12.8 Å². The maximum Gasteiger partial charge on any atom is 0.318 e. The van der Waals surface area contributed by atoms with Crippen LogP contribution in [0.15, 0.2) is 28.7 Å². The molecule has 1 unspecified atom stereocenters. The Balaban J connectivity index is 2.02. The van der Waals surface area contributed by atoms with Crippen LogP contribution in [0.2, 0.25) is 0 Å². The Hall–Kier alpha value is -1.69. The summed E-state index contributed by atoms with van der Waals surface area (Å²) in [6.07, 6.45) is 0.450. The smallest absolute Gasteiger partial charge is 0.318 e. The lowest BCUT2D eigenvalue weighted by atomic mass is 9.96. The molecule has 1 aliphatic heterocycles. The molecule has 0 bridgehead atoms. The van der Waals surface area contributed by atoms with Gasteiger partial charge >= 0.3 is 5.97 Å². The van der Waals surface area contributed by atoms with Crippen molar-refractivity contribution < 1.29 is 19.1 Å². The fraction of sp³-hybridized carbons (Fsp3) is 0.400. The molecule has 0 N–H and O–H groups in total. The number of piperidine rings is 1. The zero-order valence-electron chi connectivity index (χ0n) is 11.7. The van der Waals surface area contributed by atoms with E-state index in [-0.39, 0.29) is 31.1 Å². The fourth-order valence-corrected chi connectivity index (χ4v) is 2.79. The number of amides is 1. The molecule has 6 heteroatoms. The summed E-state index contributed by atoms with van der Waals surface area (Å²) >= 11 is 3.36. The molecule has 1 fully saturated rings. The van der Waals surface area contributed by atoms with Gasteiger partial charge in [-0.15, -0.1) is 0 Å². The number of benzene rings is 1. The molecule has 1 saturated heterocycles. The van der Waals surface area contributed by atoms with Gasteiger partial charge in [-0.25, -0.2) is 0 Å². The zero-order chi connectivity index (χ0) is 15.4. The number of hydrogen-bond donors (Lipinski definition) is 0. The summed E-state index contributed by atoms with van der Waals surface area (Å²) < 4.78 is 5.53. The highest BCUT2D eigenvalue weighted by Gasteiger charge is 2.35. The van der Waals surface area contributed by atoms with Gasteiger partial charge in [0.15, 0.2) is 5.78 Å². The predicted octanol–water partition coefficient (Wildman–Crippen LogP) is 1.58. The molecule has 1 aliphatic rings. The van der Waals surface area contributed by atoms with E-state index in [4.69, 9.17) is 0 Å². The maximum atomic E-state index is 12.3. The van der Waals surface area contributed by atoms with Crippen molar-refractivity contribution in [3.63, 3.8) is 0 Å². The molecule has 5 nitrogen and oxygen atoms in total. The van der Waals surface area contributed by atoms with Crippen LogP contribution in [0.25, 0.3) is 0 Å². The van der Waals surface area contributed by atoms with Crippen LogP contribution in [0.4, 0.5) is 0 Å². The van der Waals surface area contributed by atoms with E-state index in [0.717, 1.165) is 10.0 Å². The molecular formula is C15H16BrNO4. The standard InChI is InChI=1S/C15H16BrNO4/c1-21-15(20)12-9-17(6-5-13(12)18)14(19)8-10-3-2-4-11(16)7-10/h2-4,7,12H,5-6,8-9H2,1H3. The molecule has 1 heterocycles. The number of rotatable bonds is 3. The number of Topliss-reactive ketones (excluding diaryl/α,β-unsaturated/α-hetero) is 1. The van der Waals surface area contributed by atoms with E-state index in [9.17, 15) is 14.4 Å². The summed E-state index contributed by atoms with van der Waals surface area (Å²) in [5.41, 5.74) is 0.890. The summed E-state index contributed by atoms with van der Waals surface area (Å²) in [5.74, 6) is -1.67. The Kier molecular flexibility index (Phi) is 5.12. The number of nitrogens with zero attached hydrogens (tertiary/aromatic N) is 1. The van der Waals surface area contributed by atoms with Gasteiger partial charge in [-0.1, -0.05) is 28.1 Å². The Morgan fingerprint density at radius 2 is 2.19 bits per heavy atom. The Morgan fingerprint density at radius 1 is 1.43 bits per heavy atom. The number of ether oxygens (including phenoxy) is 1. The summed E-state index contributed by atoms with van der Waals surface area (Å²) in [4.78, 5) is 37.1. The summed E-state index contributed by atoms with van der Waals surface area (Å²) in [6, 6.07) is 7.50. The molecule has 1 aromatic carbocycles. The van der Waals surface area contributed by atoms with Crippen LogP contribution >= 0.6 is 15.9 Å². The second kappa shape index (κ2) is 6.85. The van der Waals surface area contributed by atoms with E-state index in [1.54, 1.807) is 4.90 Å². The number of carbonyl (C=O) groups excluding carboxylic acids is 3. The first kappa shape index (κ1) is 15.7. The fourth-order valence-electron chi connectivity index (χ4n) is 2.34. The lowest BCUT2D eigenvalue weighted by Gasteiger charge is -2.30. The number of hydrogen-bond acceptors (Lipinski definition) is 4. The van der Waals surface area contributed by atoms with Crippen molar-refractivity contribution in [3.8, 4) is 0 Å². The number of halogens is 1. The third-order valence-corrected chi connectivity index (χ3v) is 4.00. The molecule has 0 saturated carbocycles. The number of methoxy groups -OCH3 is 1. The molecule has 112 valence electrons. The second-order valence-electron chi connectivity index (χ2n) is 4.94. The number of ketones is 1. The normalized spacial score (nSPS) is 18.5. The van der Waals surface area contributed by atoms with Gasteiger partial charge in [0.05, 0.1) is 13.5 Å². The Morgan fingerprint density at radius 3 is 2.86 bits per heavy atom. The molecule has 0 radical (unpaired) electrons. The van der Waals surface area contributed by atoms with Crippen LogP contribution in [0.5, 0.6) is 0 Å². The minimum absolute atomic E-state index is 0.0884. The van der Waals surface area contributed by atoms with Crippen molar-refractivity contribution in [1.29, 1.82) is 0 Å². The van der Waals surface area contributed by atoms with Gasteiger partial charge in [0, 0.05) is 24.0 Å². The van der Waals surface area contributed by atoms with Crippen molar-refractivity contribution in [1.82, 2.24) is 4.90 Å². The SMILES string of the molecule is COC(=O)C1CN(C(=O)Cc2cccc(Br)c2)CCC1=O. The van der Waals surface area contributed by atoms with Crippen molar-refractivity contribution in [2.75, 3.05) is 20.2 Å². The predicted molar refractivity (Wildman–Crippen MR) is 79.6 cm³/mol. The van der Waals surface area contributed by atoms with Gasteiger partial charge in [0.2, 0.25) is 5.91 Å². The molecule has 0 aliphatic carbocycles. The number of likely N-dealkylation sites (tertiary alicyclic amines) is 1. The summed E-state index contributed by atoms with van der Waals surface area (Å²) in [6.45, 7) is 0.470. The molecule has 2 rings (SSSR count). The van der Waals surface area contributed by atoms with Gasteiger partial charge in [-0.3, -0.25) is 14.4 Å². The monoisotopic (exact) mass is 353 g/mol. The van der Waals surface area contributed by atoms with Gasteiger partial charge < -0.3 is 9.64 Å². The minimum Gasteiger partial charge on any atom is -0.468 e. The van der Waals surface area contributed by atoms with Crippen molar-refractivity contribution in [2.24, 2.45) is 5.92 Å². The van der Waals surface area contributed by atoms with Gasteiger partial charge in [0.1, 0.15) is 5.92 Å². The lowest BCUT2D eigenvalue weighted by Crippen LogP contribution is -2.47. The first-order chi connectivity index (χ1) is 10.0. The van der Waals surface area contributed by atoms with Gasteiger partial charge in [-0.05, 0) is 17.7 Å². The van der Waals surface area contributed by atoms with E-state index in [2.05, 4.69) is 20.7 Å². The highest BCUT2D eigenvalue weighted by Crippen LogP contribution is 2.17. The third kappa shape index (κ3) is 3.91. The van der Waals surface area contributed by atoms with E-state index in [0.29, 0.717) is 6.54 Å². The average Bonchev–Trinajstić information content (AvgIpc) is 2.47. The largest absolute Gasteiger partial charge is 0.468 e. The quantitative estimate of drug-likeness (QED) is 0.611. The minimum atomic E-state index is -0.852. The van der Waals surface area contributed by atoms with E-state index < -0.39 is 11.9 Å². The number of esters is 1. The molecule has 21 heavy (non-hydrogen) atoms. The van der Waals surface area contributed by atoms with Gasteiger partial charge in [-0.2, -0.15) is 0 Å². The van der Waals surface area contributed by atoms with Crippen LogP contribution < -0.4 is 0 Å². The van der Waals surface area contributed by atoms with E-state index in [1.807, 2.05) is 24.3 Å². The van der Waals surface area contributed by atoms with Crippen molar-refractivity contribution in [3.05, 3.63) is 34.3 Å². The first-order valence-corrected chi connectivity index (χ1v) is 7.43. The Bertz CT molecular complexity index is 565. The van der Waals surface area contributed by atoms with E-state index in [1.165, 1.54) is 7.11 Å². The maximum absolute atomic E-state index is 12.3. The molecule has 1 aromatic rings. The highest BCUT2D eigenvalue weighted by molar-refractivity contribution is 9.10. The summed E-state index contributed by atoms with van der Waals surface area (Å²) in [7, 11) is 1.25. The lowest BCUT2D eigenvalue weighted by molar-refractivity contribution is -0.153. The first-order valence-electron chi connectivity index (χ1n) is 6.64. The third-order valence-electron chi connectivity index (χ3n) is 3.50. The van der Waals surface area contributed by atoms with Crippen LogP contribution in [0.1, 0.15) is 12.0 Å².